The molecule has 0 saturated heterocycles. The zero-order chi connectivity index (χ0) is 21.2. The molecule has 0 spiro atoms. The molecule has 31 heavy (non-hydrogen) atoms. The number of thiazole rings is 1. The van der Waals surface area contributed by atoms with Gasteiger partial charge < -0.3 is 4.42 Å². The Morgan fingerprint density at radius 1 is 1.10 bits per heavy atom. The van der Waals surface area contributed by atoms with E-state index >= 15 is 0 Å². The molecular formula is C24H16N4OS2. The fourth-order valence-electron chi connectivity index (χ4n) is 3.17. The van der Waals surface area contributed by atoms with Crippen LogP contribution < -0.4 is 0 Å². The number of nitriles is 1. The topological polar surface area (TPSA) is 67.6 Å². The first-order chi connectivity index (χ1) is 15.2. The molecule has 0 radical (unpaired) electrons. The van der Waals surface area contributed by atoms with Gasteiger partial charge in [0.1, 0.15) is 17.5 Å². The molecule has 0 unspecified atom stereocenters. The summed E-state index contributed by atoms with van der Waals surface area (Å²) in [4.78, 5) is 5.17. The summed E-state index contributed by atoms with van der Waals surface area (Å²) in [6, 6.07) is 23.9. The van der Waals surface area contributed by atoms with Gasteiger partial charge in [-0.25, -0.2) is 9.67 Å². The van der Waals surface area contributed by atoms with Crippen molar-refractivity contribution in [3.8, 4) is 23.2 Å². The van der Waals surface area contributed by atoms with E-state index in [0.717, 1.165) is 31.6 Å². The summed E-state index contributed by atoms with van der Waals surface area (Å²) in [7, 11) is 0. The Bertz CT molecular complexity index is 1400. The van der Waals surface area contributed by atoms with E-state index in [-0.39, 0.29) is 0 Å². The highest BCUT2D eigenvalue weighted by atomic mass is 32.2. The van der Waals surface area contributed by atoms with Crippen molar-refractivity contribution < 1.29 is 4.42 Å². The van der Waals surface area contributed by atoms with Gasteiger partial charge in [-0.15, -0.1) is 11.3 Å². The van der Waals surface area contributed by atoms with Crippen molar-refractivity contribution in [1.29, 1.82) is 5.26 Å². The zero-order valence-electron chi connectivity index (χ0n) is 16.5. The fraction of sp³-hybridized carbons (Fsp3) is 0.0417. The minimum atomic E-state index is 0.538. The summed E-state index contributed by atoms with van der Waals surface area (Å²) in [5.74, 6) is 1.48. The normalized spacial score (nSPS) is 11.7. The third-order valence-electron chi connectivity index (χ3n) is 4.61. The van der Waals surface area contributed by atoms with Gasteiger partial charge in [-0.1, -0.05) is 30.3 Å². The van der Waals surface area contributed by atoms with Crippen molar-refractivity contribution >= 4 is 39.4 Å². The minimum absolute atomic E-state index is 0.538. The lowest BCUT2D eigenvalue weighted by molar-refractivity contribution is 0.545. The molecule has 0 bridgehead atoms. The molecule has 0 aliphatic carbocycles. The predicted molar refractivity (Wildman–Crippen MR) is 125 cm³/mol. The Morgan fingerprint density at radius 3 is 2.65 bits per heavy atom. The first-order valence-corrected chi connectivity index (χ1v) is 11.2. The van der Waals surface area contributed by atoms with E-state index in [0.29, 0.717) is 16.4 Å². The van der Waals surface area contributed by atoms with Gasteiger partial charge in [0, 0.05) is 11.8 Å². The van der Waals surface area contributed by atoms with E-state index in [1.165, 1.54) is 11.8 Å². The number of thioether (sulfide) groups is 1. The first kappa shape index (κ1) is 19.4. The fourth-order valence-corrected chi connectivity index (χ4v) is 5.14. The smallest absolute Gasteiger partial charge is 0.156 e. The zero-order valence-corrected chi connectivity index (χ0v) is 18.2. The Balaban J connectivity index is 1.56. The molecule has 0 aliphatic rings. The minimum Gasteiger partial charge on any atom is -0.460 e. The number of rotatable bonds is 5. The number of hydrogen-bond donors (Lipinski definition) is 0. The number of aromatic nitrogens is 3. The summed E-state index contributed by atoms with van der Waals surface area (Å²) in [6.07, 6.45) is 3.76. The first-order valence-electron chi connectivity index (χ1n) is 9.57. The lowest BCUT2D eigenvalue weighted by Crippen LogP contribution is -1.93. The number of para-hydroxylation sites is 2. The maximum absolute atomic E-state index is 9.80. The number of nitrogens with zero attached hydrogens (tertiary/aromatic N) is 4. The third-order valence-corrected chi connectivity index (χ3v) is 6.63. The number of aryl methyl sites for hydroxylation is 1. The Hall–Kier alpha value is -3.60. The van der Waals surface area contributed by atoms with Crippen LogP contribution in [0.2, 0.25) is 0 Å². The number of hydrogen-bond acceptors (Lipinski definition) is 6. The average molecular weight is 441 g/mol. The van der Waals surface area contributed by atoms with Crippen molar-refractivity contribution in [3.05, 3.63) is 89.2 Å². The average Bonchev–Trinajstić information content (AvgIpc) is 3.51. The van der Waals surface area contributed by atoms with Gasteiger partial charge in [0.15, 0.2) is 10.1 Å². The molecule has 2 aromatic carbocycles. The molecule has 5 nitrogen and oxygen atoms in total. The Labute approximate surface area is 187 Å². The van der Waals surface area contributed by atoms with Crippen LogP contribution in [0, 0.1) is 18.3 Å². The van der Waals surface area contributed by atoms with Gasteiger partial charge in [0.25, 0.3) is 0 Å². The molecule has 0 fully saturated rings. The van der Waals surface area contributed by atoms with E-state index in [9.17, 15) is 5.26 Å². The maximum Gasteiger partial charge on any atom is 0.156 e. The highest BCUT2D eigenvalue weighted by Gasteiger charge is 2.16. The Morgan fingerprint density at radius 2 is 1.90 bits per heavy atom. The second-order valence-corrected chi connectivity index (χ2v) is 9.11. The monoisotopic (exact) mass is 440 g/mol. The highest BCUT2D eigenvalue weighted by molar-refractivity contribution is 8.05. The summed E-state index contributed by atoms with van der Waals surface area (Å²) >= 11 is 2.94. The number of fused-ring (bicyclic) bond motifs is 1. The lowest BCUT2D eigenvalue weighted by atomic mass is 10.2. The van der Waals surface area contributed by atoms with Crippen LogP contribution in [0.15, 0.2) is 86.6 Å². The molecule has 7 heteroatoms. The summed E-state index contributed by atoms with van der Waals surface area (Å²) in [6.45, 7) is 1.90. The van der Waals surface area contributed by atoms with Crippen molar-refractivity contribution in [1.82, 2.24) is 14.8 Å². The summed E-state index contributed by atoms with van der Waals surface area (Å²) in [5.41, 5.74) is 3.37. The van der Waals surface area contributed by atoms with Gasteiger partial charge in [0.05, 0.1) is 20.8 Å². The standard InChI is InChI=1S/C24H16N4OS2/c1-16-11-12-21(29-16)23-17(15-28(27-23)18-7-3-2-4-8-18)13-19(14-25)30-24-26-20-9-5-6-10-22(20)31-24/h2-13,15H,1H3. The summed E-state index contributed by atoms with van der Waals surface area (Å²) in [5, 5.41) is 14.5. The van der Waals surface area contributed by atoms with Crippen LogP contribution in [0.3, 0.4) is 0 Å². The Kier molecular flexibility index (Phi) is 5.16. The van der Waals surface area contributed by atoms with Gasteiger partial charge in [-0.3, -0.25) is 0 Å². The van der Waals surface area contributed by atoms with Crippen molar-refractivity contribution in [3.63, 3.8) is 0 Å². The second-order valence-electron chi connectivity index (χ2n) is 6.79. The highest BCUT2D eigenvalue weighted by Crippen LogP contribution is 2.36. The van der Waals surface area contributed by atoms with Crippen LogP contribution in [-0.4, -0.2) is 14.8 Å². The van der Waals surface area contributed by atoms with E-state index in [4.69, 9.17) is 9.52 Å². The number of furan rings is 1. The SMILES string of the molecule is Cc1ccc(-c2nn(-c3ccccc3)cc2C=C(C#N)Sc2nc3ccccc3s2)o1. The van der Waals surface area contributed by atoms with E-state index in [2.05, 4.69) is 11.1 Å². The number of allylic oxidation sites excluding steroid dienone is 1. The molecule has 5 rings (SSSR count). The van der Waals surface area contributed by atoms with Crippen molar-refractivity contribution in [2.45, 2.75) is 11.3 Å². The van der Waals surface area contributed by atoms with Crippen LogP contribution in [0.5, 0.6) is 0 Å². The third kappa shape index (κ3) is 4.04. The lowest BCUT2D eigenvalue weighted by Gasteiger charge is -1.98. The molecule has 3 aromatic heterocycles. The molecular weight excluding hydrogens is 424 g/mol. The van der Waals surface area contributed by atoms with Gasteiger partial charge in [-0.2, -0.15) is 10.4 Å². The van der Waals surface area contributed by atoms with Crippen molar-refractivity contribution in [2.75, 3.05) is 0 Å². The van der Waals surface area contributed by atoms with Crippen molar-refractivity contribution in [2.24, 2.45) is 0 Å². The van der Waals surface area contributed by atoms with Crippen LogP contribution >= 0.6 is 23.1 Å². The van der Waals surface area contributed by atoms with E-state index < -0.39 is 0 Å². The largest absolute Gasteiger partial charge is 0.460 e. The predicted octanol–water partition coefficient (Wildman–Crippen LogP) is 6.71. The van der Waals surface area contributed by atoms with E-state index in [1.54, 1.807) is 16.0 Å². The molecule has 150 valence electrons. The van der Waals surface area contributed by atoms with Gasteiger partial charge in [0.2, 0.25) is 0 Å². The van der Waals surface area contributed by atoms with Crippen LogP contribution in [0.4, 0.5) is 0 Å². The number of benzene rings is 2. The second kappa shape index (κ2) is 8.26. The van der Waals surface area contributed by atoms with Crippen LogP contribution in [0.1, 0.15) is 11.3 Å². The summed E-state index contributed by atoms with van der Waals surface area (Å²) < 4.78 is 9.57. The van der Waals surface area contributed by atoms with Crippen LogP contribution in [-0.2, 0) is 0 Å². The molecule has 0 aliphatic heterocycles. The molecule has 0 N–H and O–H groups in total. The molecule has 0 amide bonds. The molecule has 0 saturated carbocycles. The van der Waals surface area contributed by atoms with Gasteiger partial charge in [-0.05, 0) is 61.2 Å². The molecule has 5 aromatic rings. The van der Waals surface area contributed by atoms with Gasteiger partial charge >= 0.3 is 0 Å². The molecule has 3 heterocycles. The molecule has 0 atom stereocenters. The quantitative estimate of drug-likeness (QED) is 0.224. The maximum atomic E-state index is 9.80. The van der Waals surface area contributed by atoms with Crippen LogP contribution in [0.25, 0.3) is 33.4 Å². The van der Waals surface area contributed by atoms with E-state index in [1.807, 2.05) is 85.9 Å².